The summed E-state index contributed by atoms with van der Waals surface area (Å²) in [4.78, 5) is 49.6. The predicted octanol–water partition coefficient (Wildman–Crippen LogP) is 1.89. The quantitative estimate of drug-likeness (QED) is 0.533. The number of ether oxygens (including phenoxy) is 2. The van der Waals surface area contributed by atoms with Gasteiger partial charge in [0, 0.05) is 12.5 Å². The highest BCUT2D eigenvalue weighted by molar-refractivity contribution is 5.90. The van der Waals surface area contributed by atoms with Crippen LogP contribution >= 0.6 is 0 Å². The zero-order valence-electron chi connectivity index (χ0n) is 19.2. The van der Waals surface area contributed by atoms with Crippen molar-refractivity contribution >= 4 is 23.9 Å². The van der Waals surface area contributed by atoms with Gasteiger partial charge < -0.3 is 25.4 Å². The van der Waals surface area contributed by atoms with Crippen LogP contribution in [0.2, 0.25) is 0 Å². The Labute approximate surface area is 179 Å². The van der Waals surface area contributed by atoms with Crippen LogP contribution in [0.25, 0.3) is 0 Å². The van der Waals surface area contributed by atoms with Gasteiger partial charge in [-0.15, -0.1) is 0 Å². The number of alkyl carbamates (subject to hydrolysis) is 1. The Morgan fingerprint density at radius 2 is 1.73 bits per heavy atom. The molecule has 1 rings (SSSR count). The first kappa shape index (κ1) is 25.7. The first-order valence-corrected chi connectivity index (χ1v) is 10.4. The third kappa shape index (κ3) is 9.45. The van der Waals surface area contributed by atoms with Crippen molar-refractivity contribution in [3.63, 3.8) is 0 Å². The van der Waals surface area contributed by atoms with Gasteiger partial charge in [-0.1, -0.05) is 20.8 Å². The van der Waals surface area contributed by atoms with Gasteiger partial charge >= 0.3 is 12.1 Å². The van der Waals surface area contributed by atoms with Crippen LogP contribution in [0.4, 0.5) is 4.79 Å². The van der Waals surface area contributed by atoms with Crippen LogP contribution in [0.5, 0.6) is 0 Å². The Balaban J connectivity index is 2.93. The van der Waals surface area contributed by atoms with Gasteiger partial charge in [0.2, 0.25) is 11.8 Å². The molecule has 0 aliphatic carbocycles. The maximum absolute atomic E-state index is 13.0. The van der Waals surface area contributed by atoms with Crippen molar-refractivity contribution in [1.29, 1.82) is 0 Å². The van der Waals surface area contributed by atoms with E-state index in [9.17, 15) is 19.2 Å². The molecule has 9 heteroatoms. The summed E-state index contributed by atoms with van der Waals surface area (Å²) >= 11 is 0. The first-order valence-electron chi connectivity index (χ1n) is 10.4. The van der Waals surface area contributed by atoms with Gasteiger partial charge in [-0.2, -0.15) is 0 Å². The van der Waals surface area contributed by atoms with Crippen molar-refractivity contribution in [2.24, 2.45) is 11.3 Å². The second kappa shape index (κ2) is 10.6. The van der Waals surface area contributed by atoms with E-state index in [0.29, 0.717) is 19.4 Å². The van der Waals surface area contributed by atoms with E-state index in [0.717, 1.165) is 6.42 Å². The fourth-order valence-electron chi connectivity index (χ4n) is 3.25. The summed E-state index contributed by atoms with van der Waals surface area (Å²) in [6.07, 6.45) is 1.20. The molecule has 30 heavy (non-hydrogen) atoms. The van der Waals surface area contributed by atoms with E-state index >= 15 is 0 Å². The number of esters is 1. The molecule has 9 nitrogen and oxygen atoms in total. The van der Waals surface area contributed by atoms with E-state index in [1.165, 1.54) is 7.11 Å². The fourth-order valence-corrected chi connectivity index (χ4v) is 3.25. The Hall–Kier alpha value is -2.32. The molecule has 172 valence electrons. The normalized spacial score (nSPS) is 19.2. The van der Waals surface area contributed by atoms with E-state index in [4.69, 9.17) is 9.47 Å². The topological polar surface area (TPSA) is 123 Å². The maximum atomic E-state index is 13.0. The van der Waals surface area contributed by atoms with E-state index in [1.807, 2.05) is 20.8 Å². The number of methoxy groups -OCH3 is 1. The Kier molecular flexibility index (Phi) is 9.11. The molecule has 0 saturated carbocycles. The lowest BCUT2D eigenvalue weighted by Crippen LogP contribution is -2.54. The highest BCUT2D eigenvalue weighted by Gasteiger charge is 2.34. The summed E-state index contributed by atoms with van der Waals surface area (Å²) in [5.74, 6) is -1.68. The van der Waals surface area contributed by atoms with Gasteiger partial charge in [-0.05, 0) is 51.9 Å². The van der Waals surface area contributed by atoms with Crippen molar-refractivity contribution in [3.05, 3.63) is 0 Å². The summed E-state index contributed by atoms with van der Waals surface area (Å²) in [5.41, 5.74) is -0.989. The van der Waals surface area contributed by atoms with Crippen LogP contribution in [0.1, 0.15) is 67.2 Å². The molecule has 1 heterocycles. The lowest BCUT2D eigenvalue weighted by atomic mass is 9.87. The predicted molar refractivity (Wildman–Crippen MR) is 112 cm³/mol. The molecule has 0 radical (unpaired) electrons. The zero-order chi connectivity index (χ0) is 23.1. The van der Waals surface area contributed by atoms with Crippen LogP contribution < -0.4 is 16.0 Å². The van der Waals surface area contributed by atoms with Gasteiger partial charge in [-0.25, -0.2) is 9.59 Å². The van der Waals surface area contributed by atoms with Crippen LogP contribution in [0.3, 0.4) is 0 Å². The highest BCUT2D eigenvalue weighted by Crippen LogP contribution is 2.22. The molecule has 3 amide bonds. The third-order valence-corrected chi connectivity index (χ3v) is 4.55. The monoisotopic (exact) mass is 427 g/mol. The lowest BCUT2D eigenvalue weighted by molar-refractivity contribution is -0.146. The second-order valence-electron chi connectivity index (χ2n) is 9.91. The molecule has 0 aromatic rings. The third-order valence-electron chi connectivity index (χ3n) is 4.55. The molecular formula is C21H37N3O6. The van der Waals surface area contributed by atoms with Gasteiger partial charge in [0.1, 0.15) is 17.7 Å². The highest BCUT2D eigenvalue weighted by atomic mass is 16.6. The average molecular weight is 428 g/mol. The maximum Gasteiger partial charge on any atom is 0.408 e. The average Bonchev–Trinajstić information content (AvgIpc) is 2.58. The molecule has 1 saturated heterocycles. The minimum absolute atomic E-state index is 0.137. The van der Waals surface area contributed by atoms with Crippen molar-refractivity contribution in [3.8, 4) is 0 Å². The number of carbonyl (C=O) groups is 4. The van der Waals surface area contributed by atoms with E-state index < -0.39 is 35.7 Å². The summed E-state index contributed by atoms with van der Waals surface area (Å²) < 4.78 is 10.1. The van der Waals surface area contributed by atoms with Crippen LogP contribution in [-0.2, 0) is 23.9 Å². The van der Waals surface area contributed by atoms with Gasteiger partial charge in [-0.3, -0.25) is 9.59 Å². The smallest absolute Gasteiger partial charge is 0.408 e. The van der Waals surface area contributed by atoms with Gasteiger partial charge in [0.15, 0.2) is 0 Å². The van der Waals surface area contributed by atoms with Crippen LogP contribution in [0.15, 0.2) is 0 Å². The Morgan fingerprint density at radius 3 is 2.23 bits per heavy atom. The number of amides is 3. The van der Waals surface area contributed by atoms with Gasteiger partial charge in [0.25, 0.3) is 0 Å². The van der Waals surface area contributed by atoms with Crippen molar-refractivity contribution in [2.75, 3.05) is 13.7 Å². The standard InChI is InChI=1S/C21H37N3O6/c1-20(2,3)12-15(24-19(28)30-21(4,5)6)17(26)23-14(18(27)29-7)11-13-9-8-10-22-16(13)25/h13-15H,8-12H2,1-7H3,(H,22,25)(H,23,26)(H,24,28)/t13-,14?,15?/m0/s1. The number of rotatable bonds is 7. The summed E-state index contributed by atoms with van der Waals surface area (Å²) in [6, 6.07) is -1.90. The zero-order valence-corrected chi connectivity index (χ0v) is 19.2. The van der Waals surface area contributed by atoms with Crippen molar-refractivity contribution in [2.45, 2.75) is 84.9 Å². The molecule has 0 aromatic carbocycles. The van der Waals surface area contributed by atoms with Gasteiger partial charge in [0.05, 0.1) is 7.11 Å². The summed E-state index contributed by atoms with van der Waals surface area (Å²) in [7, 11) is 1.23. The molecule has 1 fully saturated rings. The Morgan fingerprint density at radius 1 is 1.10 bits per heavy atom. The fraction of sp³-hybridized carbons (Fsp3) is 0.810. The van der Waals surface area contributed by atoms with Crippen molar-refractivity contribution < 1.29 is 28.7 Å². The molecule has 3 atom stereocenters. The molecule has 2 unspecified atom stereocenters. The number of hydrogen-bond donors (Lipinski definition) is 3. The lowest BCUT2D eigenvalue weighted by Gasteiger charge is -2.30. The molecule has 0 spiro atoms. The SMILES string of the molecule is COC(=O)C(C[C@@H]1CCCNC1=O)NC(=O)C(CC(C)(C)C)NC(=O)OC(C)(C)C. The van der Waals surface area contributed by atoms with E-state index in [-0.39, 0.29) is 23.7 Å². The molecule has 1 aliphatic rings. The largest absolute Gasteiger partial charge is 0.467 e. The van der Waals surface area contributed by atoms with Crippen LogP contribution in [0, 0.1) is 11.3 Å². The summed E-state index contributed by atoms with van der Waals surface area (Å²) in [6.45, 7) is 11.6. The first-order chi connectivity index (χ1) is 13.7. The minimum Gasteiger partial charge on any atom is -0.467 e. The van der Waals surface area contributed by atoms with E-state index in [2.05, 4.69) is 16.0 Å². The molecular weight excluding hydrogens is 390 g/mol. The second-order valence-corrected chi connectivity index (χ2v) is 9.91. The molecule has 1 aliphatic heterocycles. The Bertz CT molecular complexity index is 636. The van der Waals surface area contributed by atoms with E-state index in [1.54, 1.807) is 20.8 Å². The summed E-state index contributed by atoms with van der Waals surface area (Å²) in [5, 5.41) is 8.03. The molecule has 3 N–H and O–H groups in total. The molecule has 0 aromatic heterocycles. The number of piperidine rings is 1. The number of carbonyl (C=O) groups excluding carboxylic acids is 4. The number of hydrogen-bond acceptors (Lipinski definition) is 6. The number of nitrogens with one attached hydrogen (secondary N) is 3. The van der Waals surface area contributed by atoms with Crippen LogP contribution in [-0.4, -0.2) is 55.2 Å². The molecule has 0 bridgehead atoms. The van der Waals surface area contributed by atoms with Crippen molar-refractivity contribution in [1.82, 2.24) is 16.0 Å². The minimum atomic E-state index is -0.987.